The lowest BCUT2D eigenvalue weighted by Gasteiger charge is -2.06. The second kappa shape index (κ2) is 7.53. The van der Waals surface area contributed by atoms with Crippen molar-refractivity contribution in [3.05, 3.63) is 59.8 Å². The second-order valence-electron chi connectivity index (χ2n) is 5.49. The Balaban J connectivity index is 1.62. The molecule has 0 radical (unpaired) electrons. The molecule has 0 unspecified atom stereocenters. The number of hydrogen-bond acceptors (Lipinski definition) is 4. The molecule has 0 saturated carbocycles. The molecule has 0 aliphatic carbocycles. The number of aromatic amines is 1. The highest BCUT2D eigenvalue weighted by Crippen LogP contribution is 2.26. The Morgan fingerprint density at radius 2 is 2.16 bits per heavy atom. The summed E-state index contributed by atoms with van der Waals surface area (Å²) >= 11 is 0. The summed E-state index contributed by atoms with van der Waals surface area (Å²) in [4.78, 5) is 15.2. The van der Waals surface area contributed by atoms with Crippen molar-refractivity contribution in [2.24, 2.45) is 5.10 Å². The third-order valence-electron chi connectivity index (χ3n) is 3.71. The number of phenols is 1. The molecule has 6 heteroatoms. The molecule has 128 valence electrons. The van der Waals surface area contributed by atoms with Gasteiger partial charge < -0.3 is 14.8 Å². The van der Waals surface area contributed by atoms with Crippen LogP contribution in [-0.4, -0.2) is 28.8 Å². The number of hydrogen-bond donors (Lipinski definition) is 3. The number of nitrogens with zero attached hydrogens (tertiary/aromatic N) is 1. The molecule has 0 bridgehead atoms. The van der Waals surface area contributed by atoms with Gasteiger partial charge in [0.1, 0.15) is 0 Å². The van der Waals surface area contributed by atoms with Crippen LogP contribution in [0.4, 0.5) is 0 Å². The molecule has 0 spiro atoms. The second-order valence-corrected chi connectivity index (χ2v) is 5.49. The number of amides is 1. The van der Waals surface area contributed by atoms with Crippen LogP contribution in [0.15, 0.2) is 53.8 Å². The van der Waals surface area contributed by atoms with Crippen molar-refractivity contribution in [1.29, 1.82) is 0 Å². The van der Waals surface area contributed by atoms with Crippen LogP contribution < -0.4 is 10.2 Å². The highest BCUT2D eigenvalue weighted by atomic mass is 16.5. The number of rotatable bonds is 6. The Kier molecular flexibility index (Phi) is 4.99. The van der Waals surface area contributed by atoms with E-state index in [1.54, 1.807) is 12.1 Å². The van der Waals surface area contributed by atoms with Crippen molar-refractivity contribution in [2.75, 3.05) is 6.61 Å². The fourth-order valence-electron chi connectivity index (χ4n) is 2.55. The van der Waals surface area contributed by atoms with E-state index in [9.17, 15) is 9.90 Å². The molecule has 0 atom stereocenters. The largest absolute Gasteiger partial charge is 0.504 e. The first-order valence-corrected chi connectivity index (χ1v) is 8.00. The van der Waals surface area contributed by atoms with Gasteiger partial charge in [0.2, 0.25) is 5.91 Å². The number of benzene rings is 2. The van der Waals surface area contributed by atoms with E-state index in [4.69, 9.17) is 4.74 Å². The maximum Gasteiger partial charge on any atom is 0.244 e. The summed E-state index contributed by atoms with van der Waals surface area (Å²) in [7, 11) is 0. The number of carbonyl (C=O) groups is 1. The smallest absolute Gasteiger partial charge is 0.244 e. The van der Waals surface area contributed by atoms with Crippen molar-refractivity contribution in [1.82, 2.24) is 10.4 Å². The van der Waals surface area contributed by atoms with E-state index in [0.717, 1.165) is 16.5 Å². The van der Waals surface area contributed by atoms with Gasteiger partial charge in [-0.25, -0.2) is 5.43 Å². The lowest BCUT2D eigenvalue weighted by molar-refractivity contribution is -0.120. The molecule has 0 aliphatic rings. The first kappa shape index (κ1) is 16.6. The molecule has 1 heterocycles. The minimum atomic E-state index is -0.204. The van der Waals surface area contributed by atoms with Crippen molar-refractivity contribution in [2.45, 2.75) is 13.3 Å². The average molecular weight is 337 g/mol. The zero-order valence-corrected chi connectivity index (χ0v) is 13.8. The summed E-state index contributed by atoms with van der Waals surface area (Å²) in [6, 6.07) is 12.7. The van der Waals surface area contributed by atoms with Gasteiger partial charge in [-0.1, -0.05) is 18.2 Å². The summed E-state index contributed by atoms with van der Waals surface area (Å²) in [5.41, 5.74) is 5.15. The van der Waals surface area contributed by atoms with Crippen molar-refractivity contribution < 1.29 is 14.6 Å². The fraction of sp³-hybridized carbons (Fsp3) is 0.158. The third kappa shape index (κ3) is 3.98. The van der Waals surface area contributed by atoms with Crippen LogP contribution in [0.25, 0.3) is 10.9 Å². The monoisotopic (exact) mass is 337 g/mol. The Morgan fingerprint density at radius 1 is 1.32 bits per heavy atom. The molecular weight excluding hydrogens is 318 g/mol. The SMILES string of the molecule is CCOc1cc(C=NNC(=O)Cc2c[nH]c3ccccc23)ccc1O. The summed E-state index contributed by atoms with van der Waals surface area (Å²) in [5, 5.41) is 14.7. The van der Waals surface area contributed by atoms with Gasteiger partial charge in [0.05, 0.1) is 19.2 Å². The number of carbonyl (C=O) groups excluding carboxylic acids is 1. The molecule has 6 nitrogen and oxygen atoms in total. The number of ether oxygens (including phenoxy) is 1. The summed E-state index contributed by atoms with van der Waals surface area (Å²) < 4.78 is 5.31. The minimum absolute atomic E-state index is 0.0716. The molecule has 2 aromatic carbocycles. The fourth-order valence-corrected chi connectivity index (χ4v) is 2.55. The molecule has 0 saturated heterocycles. The lowest BCUT2D eigenvalue weighted by atomic mass is 10.1. The van der Waals surface area contributed by atoms with Crippen LogP contribution in [0.5, 0.6) is 11.5 Å². The first-order valence-electron chi connectivity index (χ1n) is 8.00. The van der Waals surface area contributed by atoms with Gasteiger partial charge in [0.25, 0.3) is 0 Å². The Hall–Kier alpha value is -3.28. The van der Waals surface area contributed by atoms with E-state index < -0.39 is 0 Å². The molecule has 1 aromatic heterocycles. The Bertz CT molecular complexity index is 915. The molecule has 3 N–H and O–H groups in total. The number of aromatic nitrogens is 1. The van der Waals surface area contributed by atoms with E-state index in [-0.39, 0.29) is 18.1 Å². The highest BCUT2D eigenvalue weighted by Gasteiger charge is 2.08. The van der Waals surface area contributed by atoms with Crippen LogP contribution >= 0.6 is 0 Å². The Morgan fingerprint density at radius 3 is 3.00 bits per heavy atom. The molecule has 0 fully saturated rings. The van der Waals surface area contributed by atoms with Crippen LogP contribution in [0, 0.1) is 0 Å². The molecule has 3 rings (SSSR count). The van der Waals surface area contributed by atoms with Crippen molar-refractivity contribution >= 4 is 23.0 Å². The number of nitrogens with one attached hydrogen (secondary N) is 2. The number of phenolic OH excluding ortho intramolecular Hbond substituents is 1. The number of aromatic hydroxyl groups is 1. The molecule has 0 aliphatic heterocycles. The lowest BCUT2D eigenvalue weighted by Crippen LogP contribution is -2.19. The standard InChI is InChI=1S/C19H19N3O3/c1-2-25-18-9-13(7-8-17(18)23)11-21-22-19(24)10-14-12-20-16-6-4-3-5-15(14)16/h3-9,11-12,20,23H,2,10H2,1H3,(H,22,24). The molecule has 3 aromatic rings. The number of hydrazone groups is 1. The zero-order chi connectivity index (χ0) is 17.6. The van der Waals surface area contributed by atoms with Gasteiger partial charge in [-0.3, -0.25) is 4.79 Å². The van der Waals surface area contributed by atoms with Gasteiger partial charge in [0, 0.05) is 17.1 Å². The van der Waals surface area contributed by atoms with Crippen LogP contribution in [0.2, 0.25) is 0 Å². The normalized spacial score (nSPS) is 11.1. The number of para-hydroxylation sites is 1. The van der Waals surface area contributed by atoms with E-state index in [0.29, 0.717) is 17.9 Å². The van der Waals surface area contributed by atoms with Crippen LogP contribution in [0.1, 0.15) is 18.1 Å². The predicted molar refractivity (Wildman–Crippen MR) is 97.0 cm³/mol. The summed E-state index contributed by atoms with van der Waals surface area (Å²) in [5.74, 6) is 0.253. The average Bonchev–Trinajstić information content (AvgIpc) is 3.01. The first-order chi connectivity index (χ1) is 12.2. The van der Waals surface area contributed by atoms with E-state index >= 15 is 0 Å². The van der Waals surface area contributed by atoms with Gasteiger partial charge in [-0.2, -0.15) is 5.10 Å². The number of fused-ring (bicyclic) bond motifs is 1. The van der Waals surface area contributed by atoms with E-state index in [1.165, 1.54) is 12.3 Å². The number of H-pyrrole nitrogens is 1. The van der Waals surface area contributed by atoms with Crippen LogP contribution in [-0.2, 0) is 11.2 Å². The molecular formula is C19H19N3O3. The molecule has 1 amide bonds. The maximum absolute atomic E-state index is 12.1. The quantitative estimate of drug-likeness (QED) is 0.477. The third-order valence-corrected chi connectivity index (χ3v) is 3.71. The zero-order valence-electron chi connectivity index (χ0n) is 13.8. The predicted octanol–water partition coefficient (Wildman–Crippen LogP) is 2.97. The van der Waals surface area contributed by atoms with Crippen molar-refractivity contribution in [3.8, 4) is 11.5 Å². The van der Waals surface area contributed by atoms with Crippen LogP contribution in [0.3, 0.4) is 0 Å². The van der Waals surface area contributed by atoms with Gasteiger partial charge in [0.15, 0.2) is 11.5 Å². The highest BCUT2D eigenvalue weighted by molar-refractivity contribution is 5.89. The van der Waals surface area contributed by atoms with Gasteiger partial charge in [-0.15, -0.1) is 0 Å². The van der Waals surface area contributed by atoms with E-state index in [1.807, 2.05) is 37.4 Å². The maximum atomic E-state index is 12.1. The van der Waals surface area contributed by atoms with E-state index in [2.05, 4.69) is 15.5 Å². The summed E-state index contributed by atoms with van der Waals surface area (Å²) in [6.07, 6.45) is 3.58. The topological polar surface area (TPSA) is 86.7 Å². The van der Waals surface area contributed by atoms with Crippen molar-refractivity contribution in [3.63, 3.8) is 0 Å². The minimum Gasteiger partial charge on any atom is -0.504 e. The van der Waals surface area contributed by atoms with Gasteiger partial charge in [-0.05, 0) is 42.3 Å². The Labute approximate surface area is 145 Å². The summed E-state index contributed by atoms with van der Waals surface area (Å²) in [6.45, 7) is 2.29. The molecule has 25 heavy (non-hydrogen) atoms. The van der Waals surface area contributed by atoms with Gasteiger partial charge >= 0.3 is 0 Å².